The largest absolute Gasteiger partial charge is 0.445 e. The fourth-order valence-corrected chi connectivity index (χ4v) is 2.81. The molecular weight excluding hydrogens is 324 g/mol. The third-order valence-electron chi connectivity index (χ3n) is 4.09. The lowest BCUT2D eigenvalue weighted by Gasteiger charge is -2.07. The highest BCUT2D eigenvalue weighted by atomic mass is 16.6. The number of amides is 1. The number of nitrogens with zero attached hydrogens (tertiary/aromatic N) is 2. The van der Waals surface area contributed by atoms with Gasteiger partial charge in [0.2, 0.25) is 0 Å². The van der Waals surface area contributed by atoms with Gasteiger partial charge in [-0.3, -0.25) is 19.8 Å². The lowest BCUT2D eigenvalue weighted by molar-refractivity contribution is -0.384. The first kappa shape index (κ1) is 16.6. The molecule has 1 aliphatic heterocycles. The van der Waals surface area contributed by atoms with Crippen molar-refractivity contribution < 1.29 is 19.2 Å². The quantitative estimate of drug-likeness (QED) is 0.473. The number of carbonyl (C=O) groups excluding carboxylic acids is 2. The summed E-state index contributed by atoms with van der Waals surface area (Å²) in [6.45, 7) is 1.53. The number of nitro benzene ring substituents is 1. The van der Waals surface area contributed by atoms with Crippen molar-refractivity contribution in [3.05, 3.63) is 75.8 Å². The van der Waals surface area contributed by atoms with E-state index >= 15 is 0 Å². The fourth-order valence-electron chi connectivity index (χ4n) is 2.81. The molecule has 0 radical (unpaired) electrons. The molecule has 25 heavy (non-hydrogen) atoms. The summed E-state index contributed by atoms with van der Waals surface area (Å²) in [6.07, 6.45) is -0.576. The summed E-state index contributed by atoms with van der Waals surface area (Å²) in [6, 6.07) is 14.0. The smallest absolute Gasteiger partial charge is 0.411 e. The van der Waals surface area contributed by atoms with Gasteiger partial charge in [-0.1, -0.05) is 42.5 Å². The zero-order valence-corrected chi connectivity index (χ0v) is 13.5. The molecule has 0 aromatic heterocycles. The van der Waals surface area contributed by atoms with Crippen LogP contribution in [0.15, 0.2) is 54.6 Å². The van der Waals surface area contributed by atoms with Crippen LogP contribution in [0.3, 0.4) is 0 Å². The van der Waals surface area contributed by atoms with E-state index in [2.05, 4.69) is 0 Å². The van der Waals surface area contributed by atoms with Crippen LogP contribution in [0, 0.1) is 10.1 Å². The minimum Gasteiger partial charge on any atom is -0.445 e. The van der Waals surface area contributed by atoms with E-state index in [1.54, 1.807) is 12.1 Å². The summed E-state index contributed by atoms with van der Waals surface area (Å²) in [5.41, 5.74) is 1.48. The lowest BCUT2D eigenvalue weighted by atomic mass is 10.1. The van der Waals surface area contributed by atoms with Crippen molar-refractivity contribution in [3.63, 3.8) is 0 Å². The third kappa shape index (κ3) is 3.50. The molecule has 0 N–H and O–H groups in total. The standard InChI is InChI=1S/C18H16N2O5/c1-12(21)16-17(14-7-9-15(10-8-14)20(23)24)19(16)18(22)25-11-13-5-3-2-4-6-13/h2-10,16-17H,11H2,1H3/t16-,17-,19?/m1/s1. The first-order valence-corrected chi connectivity index (χ1v) is 7.73. The Labute approximate surface area is 144 Å². The number of nitro groups is 1. The Balaban J connectivity index is 1.70. The minimum absolute atomic E-state index is 0.0398. The Hall–Kier alpha value is -3.22. The molecule has 0 bridgehead atoms. The van der Waals surface area contributed by atoms with Gasteiger partial charge in [-0.15, -0.1) is 0 Å². The predicted molar refractivity (Wildman–Crippen MR) is 88.8 cm³/mol. The van der Waals surface area contributed by atoms with Gasteiger partial charge in [0.1, 0.15) is 12.6 Å². The highest BCUT2D eigenvalue weighted by Gasteiger charge is 2.55. The maximum Gasteiger partial charge on any atom is 0.411 e. The first-order valence-electron chi connectivity index (χ1n) is 7.73. The molecular formula is C18H16N2O5. The molecule has 1 heterocycles. The Bertz CT molecular complexity index is 804. The average molecular weight is 340 g/mol. The molecule has 1 saturated heterocycles. The van der Waals surface area contributed by atoms with Crippen LogP contribution in [0.4, 0.5) is 10.5 Å². The molecule has 3 rings (SSSR count). The Morgan fingerprint density at radius 3 is 2.32 bits per heavy atom. The number of rotatable bonds is 5. The molecule has 1 aliphatic rings. The van der Waals surface area contributed by atoms with E-state index in [4.69, 9.17) is 4.74 Å². The normalized spacial score (nSPS) is 18.5. The summed E-state index contributed by atoms with van der Waals surface area (Å²) in [5.74, 6) is -0.153. The second-order valence-corrected chi connectivity index (χ2v) is 5.80. The van der Waals surface area contributed by atoms with Crippen LogP contribution in [-0.4, -0.2) is 27.7 Å². The van der Waals surface area contributed by atoms with Crippen LogP contribution in [0.25, 0.3) is 0 Å². The second-order valence-electron chi connectivity index (χ2n) is 5.80. The molecule has 7 heteroatoms. The van der Waals surface area contributed by atoms with Crippen molar-refractivity contribution in [1.29, 1.82) is 0 Å². The van der Waals surface area contributed by atoms with Crippen molar-refractivity contribution in [2.75, 3.05) is 0 Å². The van der Waals surface area contributed by atoms with E-state index < -0.39 is 23.1 Å². The molecule has 0 unspecified atom stereocenters. The summed E-state index contributed by atoms with van der Waals surface area (Å²) < 4.78 is 5.27. The number of ketones is 1. The van der Waals surface area contributed by atoms with Gasteiger partial charge in [0.15, 0.2) is 5.78 Å². The highest BCUT2D eigenvalue weighted by Crippen LogP contribution is 2.44. The number of hydrogen-bond donors (Lipinski definition) is 0. The molecule has 1 amide bonds. The topological polar surface area (TPSA) is 89.5 Å². The van der Waals surface area contributed by atoms with Crippen LogP contribution in [0.5, 0.6) is 0 Å². The summed E-state index contributed by atoms with van der Waals surface area (Å²) in [5, 5.41) is 10.7. The molecule has 2 aromatic rings. The van der Waals surface area contributed by atoms with Crippen LogP contribution < -0.4 is 0 Å². The van der Waals surface area contributed by atoms with Gasteiger partial charge in [-0.05, 0) is 18.1 Å². The Morgan fingerprint density at radius 1 is 1.12 bits per heavy atom. The van der Waals surface area contributed by atoms with Crippen molar-refractivity contribution >= 4 is 17.6 Å². The van der Waals surface area contributed by atoms with Crippen LogP contribution in [-0.2, 0) is 16.1 Å². The number of non-ortho nitro benzene ring substituents is 1. The van der Waals surface area contributed by atoms with Crippen LogP contribution in [0.1, 0.15) is 24.1 Å². The number of benzene rings is 2. The van der Waals surface area contributed by atoms with Crippen LogP contribution >= 0.6 is 0 Å². The van der Waals surface area contributed by atoms with Gasteiger partial charge < -0.3 is 4.74 Å². The fraction of sp³-hybridized carbons (Fsp3) is 0.222. The number of Topliss-reactive ketones (excluding diaryl/α,β-unsaturated/α-hetero) is 1. The Kier molecular flexibility index (Phi) is 4.47. The molecule has 7 nitrogen and oxygen atoms in total. The molecule has 0 aliphatic carbocycles. The summed E-state index contributed by atoms with van der Waals surface area (Å²) in [7, 11) is 0. The van der Waals surface area contributed by atoms with Gasteiger partial charge >= 0.3 is 6.09 Å². The van der Waals surface area contributed by atoms with E-state index in [0.717, 1.165) is 5.56 Å². The first-order chi connectivity index (χ1) is 12.0. The van der Waals surface area contributed by atoms with Gasteiger partial charge in [-0.25, -0.2) is 4.79 Å². The average Bonchev–Trinajstić information content (AvgIpc) is 3.37. The van der Waals surface area contributed by atoms with E-state index in [0.29, 0.717) is 5.56 Å². The number of carbonyl (C=O) groups is 2. The molecule has 2 aromatic carbocycles. The third-order valence-corrected chi connectivity index (χ3v) is 4.09. The highest BCUT2D eigenvalue weighted by molar-refractivity contribution is 5.92. The number of hydrogen-bond acceptors (Lipinski definition) is 5. The maximum absolute atomic E-state index is 12.3. The van der Waals surface area contributed by atoms with E-state index in [9.17, 15) is 19.7 Å². The Morgan fingerprint density at radius 2 is 1.76 bits per heavy atom. The van der Waals surface area contributed by atoms with Crippen LogP contribution in [0.2, 0.25) is 0 Å². The van der Waals surface area contributed by atoms with Gasteiger partial charge in [0.05, 0.1) is 11.0 Å². The van der Waals surface area contributed by atoms with E-state index in [-0.39, 0.29) is 18.1 Å². The van der Waals surface area contributed by atoms with Gasteiger partial charge in [-0.2, -0.15) is 0 Å². The molecule has 128 valence electrons. The van der Waals surface area contributed by atoms with Crippen molar-refractivity contribution in [1.82, 2.24) is 4.90 Å². The van der Waals surface area contributed by atoms with Crippen molar-refractivity contribution in [2.45, 2.75) is 25.6 Å². The lowest BCUT2D eigenvalue weighted by Crippen LogP contribution is -2.18. The van der Waals surface area contributed by atoms with Gasteiger partial charge in [0.25, 0.3) is 5.69 Å². The SMILES string of the molecule is CC(=O)[C@@H]1[C@@H](c2ccc([N+](=O)[O-])cc2)N1C(=O)OCc1ccccc1. The molecule has 2 atom stereocenters. The van der Waals surface area contributed by atoms with Crippen molar-refractivity contribution in [3.8, 4) is 0 Å². The van der Waals surface area contributed by atoms with E-state index in [1.165, 1.54) is 24.0 Å². The monoisotopic (exact) mass is 340 g/mol. The molecule has 0 saturated carbocycles. The zero-order valence-electron chi connectivity index (χ0n) is 13.5. The minimum atomic E-state index is -0.593. The second kappa shape index (κ2) is 6.72. The van der Waals surface area contributed by atoms with E-state index in [1.807, 2.05) is 30.3 Å². The maximum atomic E-state index is 12.3. The molecule has 1 fully saturated rings. The summed E-state index contributed by atoms with van der Waals surface area (Å²) in [4.78, 5) is 35.7. The predicted octanol–water partition coefficient (Wildman–Crippen LogP) is 3.25. The zero-order chi connectivity index (χ0) is 18.0. The van der Waals surface area contributed by atoms with Gasteiger partial charge in [0, 0.05) is 12.1 Å². The molecule has 0 spiro atoms. The number of ether oxygens (including phenoxy) is 1. The van der Waals surface area contributed by atoms with Crippen molar-refractivity contribution in [2.24, 2.45) is 0 Å². The summed E-state index contributed by atoms with van der Waals surface area (Å²) >= 11 is 0.